The maximum atomic E-state index is 14.6. The molecule has 3 heterocycles. The molecule has 1 aromatic carbocycles. The third kappa shape index (κ3) is 5.98. The number of benzene rings is 1. The number of halogens is 4. The Hall–Kier alpha value is -2.58. The molecular weight excluding hydrogens is 510 g/mol. The van der Waals surface area contributed by atoms with E-state index in [1.807, 2.05) is 11.9 Å². The maximum absolute atomic E-state index is 14.6. The van der Waals surface area contributed by atoms with Gasteiger partial charge in [0.05, 0.1) is 16.4 Å². The summed E-state index contributed by atoms with van der Waals surface area (Å²) < 4.78 is 55.0. The first-order chi connectivity index (χ1) is 16.5. The maximum Gasteiger partial charge on any atom is 0.446 e. The van der Waals surface area contributed by atoms with Gasteiger partial charge in [0.2, 0.25) is 5.91 Å². The minimum atomic E-state index is -4.66. The summed E-state index contributed by atoms with van der Waals surface area (Å²) in [6.45, 7) is 0.907. The van der Waals surface area contributed by atoms with Gasteiger partial charge in [-0.2, -0.15) is 13.2 Å². The molecule has 3 amide bonds. The van der Waals surface area contributed by atoms with Gasteiger partial charge in [0, 0.05) is 29.8 Å². The highest BCUT2D eigenvalue weighted by molar-refractivity contribution is 8.00. The molecule has 0 saturated carbocycles. The SMILES string of the molecule is CN1CC[C@@H](Nc2cccc3c(SC(F)(F)F)c(C(=O)NNC(=O)[C@H]4CCC(=O)N4)sc23)[C@@H](F)C1. The lowest BCUT2D eigenvalue weighted by Gasteiger charge is -2.33. The van der Waals surface area contributed by atoms with Crippen LogP contribution in [-0.4, -0.2) is 66.5 Å². The molecule has 190 valence electrons. The van der Waals surface area contributed by atoms with Crippen LogP contribution in [-0.2, 0) is 9.59 Å². The Morgan fingerprint density at radius 3 is 2.66 bits per heavy atom. The van der Waals surface area contributed by atoms with Crippen LogP contribution in [0, 0.1) is 0 Å². The van der Waals surface area contributed by atoms with Crippen LogP contribution in [0.15, 0.2) is 23.1 Å². The highest BCUT2D eigenvalue weighted by Gasteiger charge is 2.35. The lowest BCUT2D eigenvalue weighted by molar-refractivity contribution is -0.126. The second-order valence-electron chi connectivity index (χ2n) is 8.41. The van der Waals surface area contributed by atoms with Gasteiger partial charge in [-0.15, -0.1) is 11.3 Å². The molecule has 2 saturated heterocycles. The van der Waals surface area contributed by atoms with Gasteiger partial charge in [-0.25, -0.2) is 4.39 Å². The summed E-state index contributed by atoms with van der Waals surface area (Å²) in [5.74, 6) is -1.90. The van der Waals surface area contributed by atoms with E-state index >= 15 is 0 Å². The van der Waals surface area contributed by atoms with Crippen LogP contribution >= 0.6 is 23.1 Å². The van der Waals surface area contributed by atoms with Crippen molar-refractivity contribution in [2.45, 2.75) is 47.9 Å². The summed E-state index contributed by atoms with van der Waals surface area (Å²) >= 11 is 0.403. The van der Waals surface area contributed by atoms with E-state index < -0.39 is 47.3 Å². The molecule has 4 rings (SSSR count). The van der Waals surface area contributed by atoms with Crippen LogP contribution in [0.25, 0.3) is 10.1 Å². The first-order valence-corrected chi connectivity index (χ1v) is 12.4. The minimum Gasteiger partial charge on any atom is -0.378 e. The van der Waals surface area contributed by atoms with Gasteiger partial charge in [-0.05, 0) is 37.7 Å². The van der Waals surface area contributed by atoms with E-state index in [1.54, 1.807) is 12.1 Å². The van der Waals surface area contributed by atoms with E-state index in [-0.39, 0.29) is 40.5 Å². The highest BCUT2D eigenvalue weighted by atomic mass is 32.2. The van der Waals surface area contributed by atoms with E-state index in [0.717, 1.165) is 11.3 Å². The van der Waals surface area contributed by atoms with Crippen molar-refractivity contribution in [2.75, 3.05) is 25.5 Å². The van der Waals surface area contributed by atoms with Crippen molar-refractivity contribution >= 4 is 56.6 Å². The summed E-state index contributed by atoms with van der Waals surface area (Å²) in [5.41, 5.74) is 0.0763. The fourth-order valence-corrected chi connectivity index (χ4v) is 6.15. The molecule has 14 heteroatoms. The van der Waals surface area contributed by atoms with Crippen LogP contribution in [0.2, 0.25) is 0 Å². The van der Waals surface area contributed by atoms with Crippen LogP contribution in [0.3, 0.4) is 0 Å². The van der Waals surface area contributed by atoms with E-state index in [4.69, 9.17) is 0 Å². The Balaban J connectivity index is 1.59. The summed E-state index contributed by atoms with van der Waals surface area (Å²) in [6.07, 6.45) is -0.232. The number of alkyl halides is 4. The molecule has 0 aliphatic carbocycles. The standard InChI is InChI=1S/C21H23F4N5O3S2/c1-30-8-7-12(11(22)9-30)26-13-4-2-3-10-16(13)34-18(17(10)35-21(23,24)25)20(33)29-28-19(32)14-5-6-15(31)27-14/h2-4,11-12,14,26H,5-9H2,1H3,(H,27,31)(H,28,32)(H,29,33)/t11-,12+,14+/m0/s1. The Bertz CT molecular complexity index is 1140. The molecule has 0 spiro atoms. The van der Waals surface area contributed by atoms with Crippen molar-refractivity contribution in [1.29, 1.82) is 0 Å². The number of thioether (sulfide) groups is 1. The van der Waals surface area contributed by atoms with Crippen LogP contribution < -0.4 is 21.5 Å². The van der Waals surface area contributed by atoms with Gasteiger partial charge in [0.25, 0.3) is 11.8 Å². The highest BCUT2D eigenvalue weighted by Crippen LogP contribution is 2.47. The zero-order valence-corrected chi connectivity index (χ0v) is 20.1. The number of hydrogen-bond acceptors (Lipinski definition) is 7. The van der Waals surface area contributed by atoms with Crippen molar-refractivity contribution in [3.8, 4) is 0 Å². The zero-order valence-electron chi connectivity index (χ0n) is 18.5. The number of hydrazine groups is 1. The number of thiophene rings is 1. The van der Waals surface area contributed by atoms with Crippen molar-refractivity contribution in [2.24, 2.45) is 0 Å². The number of nitrogens with one attached hydrogen (secondary N) is 4. The lowest BCUT2D eigenvalue weighted by atomic mass is 10.0. The molecule has 0 unspecified atom stereocenters. The lowest BCUT2D eigenvalue weighted by Crippen LogP contribution is -2.49. The van der Waals surface area contributed by atoms with E-state index in [2.05, 4.69) is 21.5 Å². The smallest absolute Gasteiger partial charge is 0.378 e. The topological polar surface area (TPSA) is 103 Å². The second kappa shape index (κ2) is 10.2. The summed E-state index contributed by atoms with van der Waals surface area (Å²) in [7, 11) is 1.81. The number of hydrogen-bond donors (Lipinski definition) is 4. The van der Waals surface area contributed by atoms with Crippen molar-refractivity contribution in [1.82, 2.24) is 21.1 Å². The number of fused-ring (bicyclic) bond motifs is 1. The summed E-state index contributed by atoms with van der Waals surface area (Å²) in [5, 5.41) is 5.74. The predicted molar refractivity (Wildman–Crippen MR) is 125 cm³/mol. The largest absolute Gasteiger partial charge is 0.446 e. The molecular formula is C21H23F4N5O3S2. The normalized spacial score (nSPS) is 23.2. The van der Waals surface area contributed by atoms with Crippen molar-refractivity contribution in [3.05, 3.63) is 23.1 Å². The fourth-order valence-electron chi connectivity index (χ4n) is 4.07. The number of amides is 3. The Morgan fingerprint density at radius 1 is 1.23 bits per heavy atom. The molecule has 2 aliphatic rings. The Kier molecular flexibility index (Phi) is 7.43. The monoisotopic (exact) mass is 533 g/mol. The van der Waals surface area contributed by atoms with Gasteiger partial charge in [-0.1, -0.05) is 12.1 Å². The zero-order chi connectivity index (χ0) is 25.3. The van der Waals surface area contributed by atoms with Gasteiger partial charge in [0.1, 0.15) is 17.1 Å². The number of anilines is 1. The van der Waals surface area contributed by atoms with Crippen LogP contribution in [0.4, 0.5) is 23.2 Å². The number of nitrogens with zero attached hydrogens (tertiary/aromatic N) is 1. The Morgan fingerprint density at radius 2 is 2.00 bits per heavy atom. The predicted octanol–water partition coefficient (Wildman–Crippen LogP) is 3.01. The van der Waals surface area contributed by atoms with E-state index in [9.17, 15) is 31.9 Å². The number of piperidine rings is 1. The van der Waals surface area contributed by atoms with Gasteiger partial charge in [-0.3, -0.25) is 25.2 Å². The molecule has 2 aliphatic heterocycles. The number of likely N-dealkylation sites (tertiary alicyclic amines) is 1. The molecule has 0 bridgehead atoms. The molecule has 2 fully saturated rings. The third-order valence-electron chi connectivity index (χ3n) is 5.79. The number of carbonyl (C=O) groups excluding carboxylic acids is 3. The van der Waals surface area contributed by atoms with Crippen molar-refractivity contribution < 1.29 is 31.9 Å². The molecule has 35 heavy (non-hydrogen) atoms. The van der Waals surface area contributed by atoms with E-state index in [0.29, 0.717) is 23.4 Å². The van der Waals surface area contributed by atoms with Gasteiger partial charge >= 0.3 is 5.51 Å². The summed E-state index contributed by atoms with van der Waals surface area (Å²) in [4.78, 5) is 37.6. The Labute approximate surface area is 206 Å². The second-order valence-corrected chi connectivity index (χ2v) is 10.5. The molecule has 3 atom stereocenters. The third-order valence-corrected chi connectivity index (χ3v) is 8.02. The summed E-state index contributed by atoms with van der Waals surface area (Å²) in [6, 6.07) is 3.31. The quantitative estimate of drug-likeness (QED) is 0.268. The number of rotatable bonds is 5. The van der Waals surface area contributed by atoms with Crippen LogP contribution in [0.1, 0.15) is 28.9 Å². The van der Waals surface area contributed by atoms with Gasteiger partial charge in [0.15, 0.2) is 0 Å². The first kappa shape index (κ1) is 25.5. The van der Waals surface area contributed by atoms with E-state index in [1.165, 1.54) is 6.07 Å². The molecule has 4 N–H and O–H groups in total. The van der Waals surface area contributed by atoms with Crippen LogP contribution in [0.5, 0.6) is 0 Å². The average Bonchev–Trinajstić information content (AvgIpc) is 3.37. The molecule has 8 nitrogen and oxygen atoms in total. The van der Waals surface area contributed by atoms with Crippen molar-refractivity contribution in [3.63, 3.8) is 0 Å². The minimum absolute atomic E-state index is 0.168. The molecule has 1 aromatic heterocycles. The average molecular weight is 534 g/mol. The first-order valence-electron chi connectivity index (χ1n) is 10.8. The molecule has 0 radical (unpaired) electrons. The van der Waals surface area contributed by atoms with Gasteiger partial charge < -0.3 is 15.5 Å². The fraction of sp³-hybridized carbons (Fsp3) is 0.476. The number of carbonyl (C=O) groups is 3. The molecule has 2 aromatic rings.